The Hall–Kier alpha value is -1.91. The van der Waals surface area contributed by atoms with Crippen molar-refractivity contribution in [3.05, 3.63) is 58.7 Å². The van der Waals surface area contributed by atoms with Crippen LogP contribution < -0.4 is 5.32 Å². The van der Waals surface area contributed by atoms with Crippen LogP contribution in [0.25, 0.3) is 11.3 Å². The van der Waals surface area contributed by atoms with Crippen molar-refractivity contribution in [2.75, 3.05) is 5.32 Å². The number of pyridine rings is 1. The van der Waals surface area contributed by atoms with Gasteiger partial charge in [0.15, 0.2) is 5.13 Å². The van der Waals surface area contributed by atoms with Crippen LogP contribution >= 0.6 is 22.9 Å². The summed E-state index contributed by atoms with van der Waals surface area (Å²) in [4.78, 5) is 8.53. The molecule has 0 atom stereocenters. The first-order valence-corrected chi connectivity index (χ1v) is 7.37. The second-order valence-electron chi connectivity index (χ2n) is 4.40. The minimum atomic E-state index is 0.476. The molecule has 3 nitrogen and oxygen atoms in total. The van der Waals surface area contributed by atoms with E-state index in [4.69, 9.17) is 11.6 Å². The molecule has 1 N–H and O–H groups in total. The largest absolute Gasteiger partial charge is 0.332 e. The molecule has 0 bridgehead atoms. The fraction of sp³-hybridized carbons (Fsp3) is 0.0667. The Morgan fingerprint density at radius 2 is 1.95 bits per heavy atom. The lowest BCUT2D eigenvalue weighted by molar-refractivity contribution is 1.31. The van der Waals surface area contributed by atoms with Gasteiger partial charge in [0.2, 0.25) is 0 Å². The Labute approximate surface area is 126 Å². The molecule has 3 rings (SSSR count). The van der Waals surface area contributed by atoms with Gasteiger partial charge in [0, 0.05) is 22.8 Å². The van der Waals surface area contributed by atoms with Crippen LogP contribution in [0.3, 0.4) is 0 Å². The zero-order chi connectivity index (χ0) is 13.9. The molecular weight excluding hydrogens is 290 g/mol. The zero-order valence-corrected chi connectivity index (χ0v) is 12.4. The number of thiazole rings is 1. The van der Waals surface area contributed by atoms with Crippen molar-refractivity contribution in [3.63, 3.8) is 0 Å². The molecule has 0 spiro atoms. The Balaban J connectivity index is 1.82. The van der Waals surface area contributed by atoms with Crippen LogP contribution in [0, 0.1) is 6.92 Å². The van der Waals surface area contributed by atoms with E-state index in [1.165, 1.54) is 5.56 Å². The number of hydrogen-bond acceptors (Lipinski definition) is 4. The molecule has 0 radical (unpaired) electrons. The summed E-state index contributed by atoms with van der Waals surface area (Å²) in [5, 5.41) is 6.63. The lowest BCUT2D eigenvalue weighted by Gasteiger charge is -2.02. The molecule has 3 aromatic rings. The monoisotopic (exact) mass is 301 g/mol. The molecule has 0 saturated carbocycles. The number of nitrogens with zero attached hydrogens (tertiary/aromatic N) is 2. The molecule has 5 heteroatoms. The summed E-state index contributed by atoms with van der Waals surface area (Å²) in [5.74, 6) is 0. The molecular formula is C15H12ClN3S. The number of rotatable bonds is 3. The molecule has 0 saturated heterocycles. The Bertz CT molecular complexity index is 722. The van der Waals surface area contributed by atoms with Gasteiger partial charge in [0.05, 0.1) is 5.69 Å². The van der Waals surface area contributed by atoms with Crippen LogP contribution in [0.1, 0.15) is 5.56 Å². The van der Waals surface area contributed by atoms with Gasteiger partial charge in [-0.1, -0.05) is 29.3 Å². The maximum atomic E-state index is 5.90. The van der Waals surface area contributed by atoms with Crippen molar-refractivity contribution in [2.24, 2.45) is 0 Å². The topological polar surface area (TPSA) is 37.8 Å². The van der Waals surface area contributed by atoms with Crippen LogP contribution in [0.4, 0.5) is 10.8 Å². The van der Waals surface area contributed by atoms with E-state index in [-0.39, 0.29) is 0 Å². The van der Waals surface area contributed by atoms with E-state index in [0.29, 0.717) is 5.15 Å². The van der Waals surface area contributed by atoms with Crippen molar-refractivity contribution in [1.29, 1.82) is 0 Å². The number of halogens is 1. The normalized spacial score (nSPS) is 10.5. The molecule has 0 aliphatic carbocycles. The first-order chi connectivity index (χ1) is 9.70. The van der Waals surface area contributed by atoms with Crippen LogP contribution in [0.15, 0.2) is 48.0 Å². The average molecular weight is 302 g/mol. The molecule has 20 heavy (non-hydrogen) atoms. The van der Waals surface area contributed by atoms with Crippen LogP contribution in [0.2, 0.25) is 5.15 Å². The SMILES string of the molecule is Cc1ccc(Nc2nc(-c3ccnc(Cl)c3)cs2)cc1. The summed E-state index contributed by atoms with van der Waals surface area (Å²) < 4.78 is 0. The number of anilines is 2. The lowest BCUT2D eigenvalue weighted by Crippen LogP contribution is -1.89. The van der Waals surface area contributed by atoms with Gasteiger partial charge < -0.3 is 5.32 Å². The summed E-state index contributed by atoms with van der Waals surface area (Å²) >= 11 is 7.46. The fourth-order valence-corrected chi connectivity index (χ4v) is 2.70. The Morgan fingerprint density at radius 1 is 1.15 bits per heavy atom. The molecule has 1 aromatic carbocycles. The standard InChI is InChI=1S/C15H12ClN3S/c1-10-2-4-12(5-3-10)18-15-19-13(9-20-15)11-6-7-17-14(16)8-11/h2-9H,1H3,(H,18,19). The van der Waals surface area contributed by atoms with Gasteiger partial charge in [-0.15, -0.1) is 11.3 Å². The third-order valence-corrected chi connectivity index (χ3v) is 3.79. The van der Waals surface area contributed by atoms with Crippen LogP contribution in [-0.2, 0) is 0 Å². The maximum absolute atomic E-state index is 5.90. The minimum Gasteiger partial charge on any atom is -0.332 e. The Kier molecular flexibility index (Phi) is 3.67. The second-order valence-corrected chi connectivity index (χ2v) is 5.64. The van der Waals surface area contributed by atoms with Crippen molar-refractivity contribution in [2.45, 2.75) is 6.92 Å². The van der Waals surface area contributed by atoms with Crippen LogP contribution in [0.5, 0.6) is 0 Å². The number of hydrogen-bond donors (Lipinski definition) is 1. The van der Waals surface area contributed by atoms with Gasteiger partial charge >= 0.3 is 0 Å². The predicted octanol–water partition coefficient (Wildman–Crippen LogP) is 4.91. The van der Waals surface area contributed by atoms with E-state index in [2.05, 4.69) is 34.3 Å². The van der Waals surface area contributed by atoms with E-state index < -0.39 is 0 Å². The minimum absolute atomic E-state index is 0.476. The van der Waals surface area contributed by atoms with Crippen molar-refractivity contribution < 1.29 is 0 Å². The molecule has 2 heterocycles. The number of aromatic nitrogens is 2. The summed E-state index contributed by atoms with van der Waals surface area (Å²) in [5.41, 5.74) is 4.14. The summed E-state index contributed by atoms with van der Waals surface area (Å²) in [6, 6.07) is 11.9. The molecule has 0 aliphatic heterocycles. The maximum Gasteiger partial charge on any atom is 0.187 e. The van der Waals surface area contributed by atoms with Crippen LogP contribution in [-0.4, -0.2) is 9.97 Å². The third kappa shape index (κ3) is 2.98. The molecule has 0 fully saturated rings. The highest BCUT2D eigenvalue weighted by Crippen LogP contribution is 2.27. The molecule has 0 unspecified atom stereocenters. The summed E-state index contributed by atoms with van der Waals surface area (Å²) in [7, 11) is 0. The molecule has 2 aromatic heterocycles. The Morgan fingerprint density at radius 3 is 2.70 bits per heavy atom. The highest BCUT2D eigenvalue weighted by atomic mass is 35.5. The summed E-state index contributed by atoms with van der Waals surface area (Å²) in [6.45, 7) is 2.07. The van der Waals surface area contributed by atoms with Crippen molar-refractivity contribution in [1.82, 2.24) is 9.97 Å². The summed E-state index contributed by atoms with van der Waals surface area (Å²) in [6.07, 6.45) is 1.68. The van der Waals surface area contributed by atoms with Gasteiger partial charge in [-0.05, 0) is 31.2 Å². The van der Waals surface area contributed by atoms with Gasteiger partial charge in [0.25, 0.3) is 0 Å². The number of nitrogens with one attached hydrogen (secondary N) is 1. The average Bonchev–Trinajstić information content (AvgIpc) is 2.90. The molecule has 0 amide bonds. The van der Waals surface area contributed by atoms with E-state index in [1.54, 1.807) is 17.5 Å². The zero-order valence-electron chi connectivity index (χ0n) is 10.8. The van der Waals surface area contributed by atoms with E-state index in [1.807, 2.05) is 29.6 Å². The van der Waals surface area contributed by atoms with E-state index in [0.717, 1.165) is 22.1 Å². The molecule has 100 valence electrons. The number of benzene rings is 1. The van der Waals surface area contributed by atoms with Crippen molar-refractivity contribution in [3.8, 4) is 11.3 Å². The first-order valence-electron chi connectivity index (χ1n) is 6.12. The van der Waals surface area contributed by atoms with Gasteiger partial charge in [-0.25, -0.2) is 9.97 Å². The fourth-order valence-electron chi connectivity index (χ4n) is 1.79. The van der Waals surface area contributed by atoms with Gasteiger partial charge in [-0.3, -0.25) is 0 Å². The lowest BCUT2D eigenvalue weighted by atomic mass is 10.2. The quantitative estimate of drug-likeness (QED) is 0.698. The van der Waals surface area contributed by atoms with Crippen molar-refractivity contribution >= 4 is 33.8 Å². The number of aryl methyl sites for hydroxylation is 1. The van der Waals surface area contributed by atoms with E-state index >= 15 is 0 Å². The highest BCUT2D eigenvalue weighted by molar-refractivity contribution is 7.14. The highest BCUT2D eigenvalue weighted by Gasteiger charge is 2.05. The van der Waals surface area contributed by atoms with Gasteiger partial charge in [0.1, 0.15) is 5.15 Å². The predicted molar refractivity (Wildman–Crippen MR) is 84.8 cm³/mol. The van der Waals surface area contributed by atoms with E-state index in [9.17, 15) is 0 Å². The third-order valence-electron chi connectivity index (χ3n) is 2.83. The molecule has 0 aliphatic rings. The van der Waals surface area contributed by atoms with Gasteiger partial charge in [-0.2, -0.15) is 0 Å². The smallest absolute Gasteiger partial charge is 0.187 e. The second kappa shape index (κ2) is 5.61. The first kappa shape index (κ1) is 13.1.